The van der Waals surface area contributed by atoms with Crippen LogP contribution in [0.4, 0.5) is 5.69 Å². The Hall–Kier alpha value is -8.91. The van der Waals surface area contributed by atoms with Crippen LogP contribution in [0.1, 0.15) is 121 Å². The molecule has 2 atom stereocenters. The van der Waals surface area contributed by atoms with E-state index in [1.165, 1.54) is 60.7 Å². The number of carbonyl (C=O) groups excluding carboxylic acids is 4. The average Bonchev–Trinajstić information content (AvgIpc) is 1.53. The number of amides is 3. The molecular weight excluding hydrogens is 1110 g/mol. The van der Waals surface area contributed by atoms with Crippen LogP contribution in [-0.4, -0.2) is 107 Å². The number of phenols is 8. The molecule has 0 saturated heterocycles. The zero-order valence-electron chi connectivity index (χ0n) is 47.0. The van der Waals surface area contributed by atoms with Crippen molar-refractivity contribution in [1.29, 1.82) is 0 Å². The number of nitrogens with one attached hydrogen (secondary N) is 4. The quantitative estimate of drug-likeness (QED) is 0.0193. The zero-order chi connectivity index (χ0) is 60.1. The second-order valence-corrected chi connectivity index (χ2v) is 24.9. The van der Waals surface area contributed by atoms with Crippen molar-refractivity contribution >= 4 is 46.7 Å². The van der Waals surface area contributed by atoms with Gasteiger partial charge in [0.15, 0.2) is 45.2 Å². The van der Waals surface area contributed by atoms with Gasteiger partial charge in [-0.15, -0.1) is 0 Å². The number of aromatic hydroxyl groups is 8. The number of rotatable bonds is 20. The standard InChI is InChI=1S/C65H69N5O14S/c1-70(25-19-40-4-13-50(75)53(78)28-40)58(81)16-22-63-33-61(20-14-56(79)66-23-17-38-2-11-48(73)51(76)26-38)32-62(34-63,21-15-57(80)67-24-18-39-3-12-49(74)52(77)27-39)36-64(35-61,37-63)69-60(85)68-41-5-8-45-44(29-41)59(82)84-65(45)46-9-6-42(71)30-54(46)83-55-31-43(72)7-10-47(55)65/h2-13,26-31,71-78H,14-25,32-37H2,1H3,(H,66,79)(H,67,80)(H2,68,69,85). The number of ether oxygens (including phenoxy) is 2. The molecule has 19 nitrogen and oxygen atoms in total. The summed E-state index contributed by atoms with van der Waals surface area (Å²) in [7, 11) is 1.75. The summed E-state index contributed by atoms with van der Waals surface area (Å²) in [5.41, 5.74) is 0.982. The highest BCUT2D eigenvalue weighted by Crippen LogP contribution is 2.74. The third-order valence-corrected chi connectivity index (χ3v) is 18.4. The molecule has 6 aliphatic rings. The second kappa shape index (κ2) is 22.6. The average molecular weight is 1180 g/mol. The number of likely N-dealkylation sites (N-methyl/N-ethyl adjacent to an activating group) is 1. The van der Waals surface area contributed by atoms with Crippen LogP contribution in [0.2, 0.25) is 0 Å². The maximum Gasteiger partial charge on any atom is 0.340 e. The first-order chi connectivity index (χ1) is 40.5. The Labute approximate surface area is 496 Å². The summed E-state index contributed by atoms with van der Waals surface area (Å²) in [6.45, 7) is 0.966. The number of hydrogen-bond donors (Lipinski definition) is 12. The molecular formula is C65H69N5O14S. The van der Waals surface area contributed by atoms with Crippen LogP contribution in [0, 0.1) is 16.2 Å². The summed E-state index contributed by atoms with van der Waals surface area (Å²) in [5, 5.41) is 94.3. The highest BCUT2D eigenvalue weighted by molar-refractivity contribution is 7.80. The van der Waals surface area contributed by atoms with E-state index >= 15 is 0 Å². The van der Waals surface area contributed by atoms with E-state index in [1.807, 2.05) is 0 Å². The molecule has 12 rings (SSSR count). The van der Waals surface area contributed by atoms with Crippen molar-refractivity contribution in [3.63, 3.8) is 0 Å². The molecule has 3 amide bonds. The van der Waals surface area contributed by atoms with Crippen LogP contribution in [0.15, 0.2) is 109 Å². The molecule has 4 aliphatic carbocycles. The Kier molecular flexibility index (Phi) is 15.4. The lowest BCUT2D eigenvalue weighted by atomic mass is 9.35. The highest BCUT2D eigenvalue weighted by Gasteiger charge is 2.68. The first-order valence-electron chi connectivity index (χ1n) is 28.7. The van der Waals surface area contributed by atoms with Gasteiger partial charge >= 0.3 is 5.97 Å². The minimum atomic E-state index is -1.47. The molecule has 20 heteroatoms. The van der Waals surface area contributed by atoms with Crippen molar-refractivity contribution in [2.24, 2.45) is 16.2 Å². The molecule has 444 valence electrons. The lowest BCUT2D eigenvalue weighted by Gasteiger charge is -2.71. The monoisotopic (exact) mass is 1180 g/mol. The van der Waals surface area contributed by atoms with Gasteiger partial charge in [-0.25, -0.2) is 4.79 Å². The summed E-state index contributed by atoms with van der Waals surface area (Å²) in [5.74, 6) is -2.03. The van der Waals surface area contributed by atoms with Crippen molar-refractivity contribution in [1.82, 2.24) is 20.9 Å². The number of fused-ring (bicyclic) bond motifs is 6. The molecule has 1 spiro atoms. The maximum absolute atomic E-state index is 14.2. The predicted molar refractivity (Wildman–Crippen MR) is 317 cm³/mol. The van der Waals surface area contributed by atoms with Gasteiger partial charge < -0.3 is 76.5 Å². The Morgan fingerprint density at radius 2 is 1.00 bits per heavy atom. The van der Waals surface area contributed by atoms with Gasteiger partial charge in [-0.1, -0.05) is 24.3 Å². The van der Waals surface area contributed by atoms with Crippen molar-refractivity contribution < 1.29 is 69.5 Å². The van der Waals surface area contributed by atoms with E-state index < -0.39 is 33.4 Å². The first kappa shape index (κ1) is 57.9. The Morgan fingerprint density at radius 3 is 1.48 bits per heavy atom. The SMILES string of the molecule is CN(CCc1ccc(O)c(O)c1)C(=O)CCC12CC3(CCC(=O)NCCc4ccc(O)c(O)c4)CC(CCC(=O)NCCc4ccc(O)c(O)c4)(C1)CC(NC(=S)Nc1ccc4c(c1)C(=O)OC41c4ccc(O)cc4Oc4cc(O)ccc41)(C3)C2. The number of phenolic OH excluding ortho intramolecular Hbond substituents is 8. The number of carbonyl (C=O) groups is 4. The number of thiocarbonyl (C=S) groups is 1. The van der Waals surface area contributed by atoms with Gasteiger partial charge in [0.1, 0.15) is 23.0 Å². The van der Waals surface area contributed by atoms with Crippen molar-refractivity contribution in [3.8, 4) is 57.5 Å². The predicted octanol–water partition coefficient (Wildman–Crippen LogP) is 9.02. The summed E-state index contributed by atoms with van der Waals surface area (Å²) in [6, 6.07) is 28.1. The maximum atomic E-state index is 14.2. The molecule has 4 saturated carbocycles. The van der Waals surface area contributed by atoms with Crippen LogP contribution in [0.5, 0.6) is 57.5 Å². The number of nitrogens with zero attached hydrogens (tertiary/aromatic N) is 1. The summed E-state index contributed by atoms with van der Waals surface area (Å²) >= 11 is 6.25. The van der Waals surface area contributed by atoms with E-state index in [0.717, 1.165) is 36.0 Å². The number of esters is 1. The van der Waals surface area contributed by atoms with E-state index in [-0.39, 0.29) is 105 Å². The van der Waals surface area contributed by atoms with Crippen molar-refractivity contribution in [3.05, 3.63) is 148 Å². The third kappa shape index (κ3) is 11.8. The Bertz CT molecular complexity index is 3520. The molecule has 4 bridgehead atoms. The highest BCUT2D eigenvalue weighted by atomic mass is 32.1. The van der Waals surface area contributed by atoms with Crippen molar-refractivity contribution in [2.75, 3.05) is 32.0 Å². The number of benzene rings is 6. The minimum Gasteiger partial charge on any atom is -0.508 e. The van der Waals surface area contributed by atoms with E-state index in [2.05, 4.69) is 21.3 Å². The van der Waals surface area contributed by atoms with Crippen LogP contribution < -0.4 is 26.0 Å². The molecule has 2 heterocycles. The van der Waals surface area contributed by atoms with Crippen LogP contribution in [0.25, 0.3) is 0 Å². The largest absolute Gasteiger partial charge is 0.508 e. The molecule has 85 heavy (non-hydrogen) atoms. The fraction of sp³-hybridized carbons (Fsp3) is 0.369. The van der Waals surface area contributed by atoms with Gasteiger partial charge in [0.2, 0.25) is 17.7 Å². The molecule has 4 fully saturated rings. The summed E-state index contributed by atoms with van der Waals surface area (Å²) in [6.07, 6.45) is 7.54. The molecule has 0 aromatic heterocycles. The zero-order valence-corrected chi connectivity index (χ0v) is 47.8. The van der Waals surface area contributed by atoms with Crippen LogP contribution in [0.3, 0.4) is 0 Å². The van der Waals surface area contributed by atoms with Gasteiger partial charge in [-0.05, 0) is 195 Å². The topological polar surface area (TPSA) is 300 Å². The fourth-order valence-electron chi connectivity index (χ4n) is 15.2. The molecule has 6 aromatic rings. The molecule has 12 N–H and O–H groups in total. The number of hydrogen-bond acceptors (Lipinski definition) is 15. The summed E-state index contributed by atoms with van der Waals surface area (Å²) < 4.78 is 12.5. The second-order valence-electron chi connectivity index (χ2n) is 24.4. The van der Waals surface area contributed by atoms with Crippen LogP contribution in [-0.2, 0) is 44.0 Å². The van der Waals surface area contributed by atoms with E-state index in [4.69, 9.17) is 21.7 Å². The minimum absolute atomic E-state index is 0.0644. The van der Waals surface area contributed by atoms with Gasteiger partial charge in [0.05, 0.1) is 5.56 Å². The van der Waals surface area contributed by atoms with Gasteiger partial charge in [-0.3, -0.25) is 14.4 Å². The van der Waals surface area contributed by atoms with Crippen molar-refractivity contribution in [2.45, 2.75) is 107 Å². The van der Waals surface area contributed by atoms with E-state index in [0.29, 0.717) is 99.8 Å². The van der Waals surface area contributed by atoms with Gasteiger partial charge in [-0.2, -0.15) is 0 Å². The van der Waals surface area contributed by atoms with E-state index in [1.54, 1.807) is 60.5 Å². The third-order valence-electron chi connectivity index (χ3n) is 18.2. The van der Waals surface area contributed by atoms with Gasteiger partial charge in [0, 0.05) is 86.0 Å². The molecule has 2 aliphatic heterocycles. The summed E-state index contributed by atoms with van der Waals surface area (Å²) in [4.78, 5) is 57.9. The van der Waals surface area contributed by atoms with Crippen LogP contribution >= 0.6 is 12.2 Å². The number of anilines is 1. The Balaban J connectivity index is 0.870. The molecule has 6 aromatic carbocycles. The van der Waals surface area contributed by atoms with Gasteiger partial charge in [0.25, 0.3) is 0 Å². The fourth-order valence-corrected chi connectivity index (χ4v) is 15.5. The van der Waals surface area contributed by atoms with E-state index in [9.17, 15) is 60.0 Å². The molecule has 0 radical (unpaired) electrons. The lowest BCUT2D eigenvalue weighted by molar-refractivity contribution is -0.184. The molecule has 2 unspecified atom stereocenters. The Morgan fingerprint density at radius 1 is 0.541 bits per heavy atom. The normalized spacial score (nSPS) is 21.6. The first-order valence-corrected chi connectivity index (χ1v) is 29.1. The smallest absolute Gasteiger partial charge is 0.340 e. The lowest BCUT2D eigenvalue weighted by Crippen LogP contribution is -2.69.